The minimum atomic E-state index is -0.267. The van der Waals surface area contributed by atoms with Crippen molar-refractivity contribution in [3.05, 3.63) is 35.4 Å². The zero-order valence-corrected chi connectivity index (χ0v) is 9.78. The van der Waals surface area contributed by atoms with Gasteiger partial charge in [0, 0.05) is 14.2 Å². The second kappa shape index (κ2) is 5.85. The standard InChI is InChI=1S/C12H19NO2/c1-9-6-5-7-10(8-9)11(13-2)12(14-3)15-4/h5-8,11-13H,1-4H3. The highest BCUT2D eigenvalue weighted by atomic mass is 16.7. The van der Waals surface area contributed by atoms with Crippen LogP contribution >= 0.6 is 0 Å². The van der Waals surface area contributed by atoms with E-state index in [9.17, 15) is 0 Å². The molecule has 15 heavy (non-hydrogen) atoms. The van der Waals surface area contributed by atoms with Crippen LogP contribution in [0.3, 0.4) is 0 Å². The van der Waals surface area contributed by atoms with Crippen LogP contribution < -0.4 is 5.32 Å². The number of hydrogen-bond donors (Lipinski definition) is 1. The maximum Gasteiger partial charge on any atom is 0.176 e. The lowest BCUT2D eigenvalue weighted by Crippen LogP contribution is -2.32. The van der Waals surface area contributed by atoms with Crippen LogP contribution in [0.15, 0.2) is 24.3 Å². The van der Waals surface area contributed by atoms with Gasteiger partial charge in [0.25, 0.3) is 0 Å². The molecule has 0 aliphatic rings. The Morgan fingerprint density at radius 3 is 2.33 bits per heavy atom. The average Bonchev–Trinajstić information content (AvgIpc) is 2.25. The van der Waals surface area contributed by atoms with Gasteiger partial charge < -0.3 is 14.8 Å². The van der Waals surface area contributed by atoms with Crippen molar-refractivity contribution < 1.29 is 9.47 Å². The highest BCUT2D eigenvalue weighted by Gasteiger charge is 2.20. The second-order valence-corrected chi connectivity index (χ2v) is 3.52. The maximum atomic E-state index is 5.26. The summed E-state index contributed by atoms with van der Waals surface area (Å²) >= 11 is 0. The average molecular weight is 209 g/mol. The molecule has 3 heteroatoms. The van der Waals surface area contributed by atoms with Crippen LogP contribution in [0, 0.1) is 6.92 Å². The number of likely N-dealkylation sites (N-methyl/N-ethyl adjacent to an activating group) is 1. The van der Waals surface area contributed by atoms with Crippen molar-refractivity contribution in [1.29, 1.82) is 0 Å². The molecule has 0 fully saturated rings. The normalized spacial score (nSPS) is 13.1. The third kappa shape index (κ3) is 3.02. The molecule has 0 saturated carbocycles. The van der Waals surface area contributed by atoms with Crippen molar-refractivity contribution in [3.63, 3.8) is 0 Å². The van der Waals surface area contributed by atoms with E-state index in [2.05, 4.69) is 30.4 Å². The predicted molar refractivity (Wildman–Crippen MR) is 60.8 cm³/mol. The Morgan fingerprint density at radius 1 is 1.20 bits per heavy atom. The maximum absolute atomic E-state index is 5.26. The van der Waals surface area contributed by atoms with Crippen LogP contribution in [-0.4, -0.2) is 27.6 Å². The SMILES string of the molecule is CNC(c1cccc(C)c1)C(OC)OC. The van der Waals surface area contributed by atoms with Crippen molar-refractivity contribution in [2.75, 3.05) is 21.3 Å². The van der Waals surface area contributed by atoms with Crippen molar-refractivity contribution in [1.82, 2.24) is 5.32 Å². The molecular formula is C12H19NO2. The molecule has 0 heterocycles. The molecule has 1 N–H and O–H groups in total. The van der Waals surface area contributed by atoms with E-state index in [-0.39, 0.29) is 12.3 Å². The molecule has 0 bridgehead atoms. The van der Waals surface area contributed by atoms with E-state index in [0.29, 0.717) is 0 Å². The van der Waals surface area contributed by atoms with Gasteiger partial charge in [-0.1, -0.05) is 29.8 Å². The Labute approximate surface area is 91.4 Å². The topological polar surface area (TPSA) is 30.5 Å². The van der Waals surface area contributed by atoms with Gasteiger partial charge in [-0.15, -0.1) is 0 Å². The Kier molecular flexibility index (Phi) is 4.75. The molecule has 1 rings (SSSR count). The van der Waals surface area contributed by atoms with Crippen LogP contribution in [0.5, 0.6) is 0 Å². The summed E-state index contributed by atoms with van der Waals surface area (Å²) in [5.74, 6) is 0. The first-order valence-electron chi connectivity index (χ1n) is 5.02. The van der Waals surface area contributed by atoms with Crippen LogP contribution in [0.25, 0.3) is 0 Å². The number of benzene rings is 1. The summed E-state index contributed by atoms with van der Waals surface area (Å²) in [7, 11) is 5.20. The van der Waals surface area contributed by atoms with Gasteiger partial charge in [-0.2, -0.15) is 0 Å². The van der Waals surface area contributed by atoms with Gasteiger partial charge in [0.15, 0.2) is 6.29 Å². The summed E-state index contributed by atoms with van der Waals surface area (Å²) in [6.45, 7) is 2.07. The molecule has 0 aromatic heterocycles. The minimum absolute atomic E-state index is 0.0555. The van der Waals surface area contributed by atoms with E-state index in [4.69, 9.17) is 9.47 Å². The summed E-state index contributed by atoms with van der Waals surface area (Å²) in [5.41, 5.74) is 2.41. The molecule has 1 unspecified atom stereocenters. The number of nitrogens with one attached hydrogen (secondary N) is 1. The third-order valence-electron chi connectivity index (χ3n) is 2.45. The molecule has 1 aromatic carbocycles. The Morgan fingerprint density at radius 2 is 1.87 bits per heavy atom. The summed E-state index contributed by atoms with van der Waals surface area (Å²) in [5, 5.41) is 3.20. The molecule has 0 aliphatic carbocycles. The van der Waals surface area contributed by atoms with Gasteiger partial charge in [-0.3, -0.25) is 0 Å². The predicted octanol–water partition coefficient (Wildman–Crippen LogP) is 1.87. The fourth-order valence-corrected chi connectivity index (χ4v) is 1.69. The van der Waals surface area contributed by atoms with Crippen LogP contribution in [0.2, 0.25) is 0 Å². The van der Waals surface area contributed by atoms with E-state index in [1.54, 1.807) is 14.2 Å². The van der Waals surface area contributed by atoms with Gasteiger partial charge in [0.2, 0.25) is 0 Å². The van der Waals surface area contributed by atoms with Gasteiger partial charge in [-0.25, -0.2) is 0 Å². The summed E-state index contributed by atoms with van der Waals surface area (Å²) in [6.07, 6.45) is -0.267. The van der Waals surface area contributed by atoms with E-state index >= 15 is 0 Å². The van der Waals surface area contributed by atoms with Gasteiger partial charge in [-0.05, 0) is 19.5 Å². The first-order chi connectivity index (χ1) is 7.22. The molecule has 0 spiro atoms. The summed E-state index contributed by atoms with van der Waals surface area (Å²) in [4.78, 5) is 0. The zero-order valence-electron chi connectivity index (χ0n) is 9.78. The van der Waals surface area contributed by atoms with E-state index < -0.39 is 0 Å². The fourth-order valence-electron chi connectivity index (χ4n) is 1.69. The molecule has 0 saturated heterocycles. The summed E-state index contributed by atoms with van der Waals surface area (Å²) in [6, 6.07) is 8.37. The van der Waals surface area contributed by atoms with Crippen molar-refractivity contribution in [3.8, 4) is 0 Å². The van der Waals surface area contributed by atoms with Gasteiger partial charge in [0.1, 0.15) is 0 Å². The number of rotatable bonds is 5. The van der Waals surface area contributed by atoms with E-state index in [1.165, 1.54) is 11.1 Å². The van der Waals surface area contributed by atoms with Gasteiger partial charge in [0.05, 0.1) is 6.04 Å². The van der Waals surface area contributed by atoms with Crippen LogP contribution in [-0.2, 0) is 9.47 Å². The quantitative estimate of drug-likeness (QED) is 0.751. The fraction of sp³-hybridized carbons (Fsp3) is 0.500. The Hall–Kier alpha value is -0.900. The number of hydrogen-bond acceptors (Lipinski definition) is 3. The number of aryl methyl sites for hydroxylation is 1. The lowest BCUT2D eigenvalue weighted by Gasteiger charge is -2.24. The first-order valence-corrected chi connectivity index (χ1v) is 5.02. The smallest absolute Gasteiger partial charge is 0.176 e. The molecular weight excluding hydrogens is 190 g/mol. The van der Waals surface area contributed by atoms with Crippen LogP contribution in [0.4, 0.5) is 0 Å². The van der Waals surface area contributed by atoms with Gasteiger partial charge >= 0.3 is 0 Å². The zero-order chi connectivity index (χ0) is 11.3. The molecule has 3 nitrogen and oxygen atoms in total. The van der Waals surface area contributed by atoms with Crippen molar-refractivity contribution >= 4 is 0 Å². The first kappa shape index (κ1) is 12.2. The van der Waals surface area contributed by atoms with E-state index in [1.807, 2.05) is 13.1 Å². The van der Waals surface area contributed by atoms with Crippen molar-refractivity contribution in [2.24, 2.45) is 0 Å². The monoisotopic (exact) mass is 209 g/mol. The third-order valence-corrected chi connectivity index (χ3v) is 2.45. The Balaban J connectivity index is 2.90. The van der Waals surface area contributed by atoms with Crippen molar-refractivity contribution in [2.45, 2.75) is 19.3 Å². The number of ether oxygens (including phenoxy) is 2. The molecule has 0 amide bonds. The Bertz CT molecular complexity index is 297. The molecule has 0 aliphatic heterocycles. The molecule has 84 valence electrons. The number of methoxy groups -OCH3 is 2. The van der Waals surface area contributed by atoms with Crippen LogP contribution in [0.1, 0.15) is 17.2 Å². The second-order valence-electron chi connectivity index (χ2n) is 3.52. The molecule has 1 aromatic rings. The lowest BCUT2D eigenvalue weighted by molar-refractivity contribution is -0.123. The largest absolute Gasteiger partial charge is 0.354 e. The highest BCUT2D eigenvalue weighted by Crippen LogP contribution is 2.19. The van der Waals surface area contributed by atoms with E-state index in [0.717, 1.165) is 0 Å². The minimum Gasteiger partial charge on any atom is -0.354 e. The molecule has 0 radical (unpaired) electrons. The molecule has 1 atom stereocenters. The summed E-state index contributed by atoms with van der Waals surface area (Å²) < 4.78 is 10.5. The highest BCUT2D eigenvalue weighted by molar-refractivity contribution is 5.25. The lowest BCUT2D eigenvalue weighted by atomic mass is 10.0.